The Morgan fingerprint density at radius 1 is 1.28 bits per heavy atom. The van der Waals surface area contributed by atoms with Gasteiger partial charge in [-0.2, -0.15) is 4.99 Å². The highest BCUT2D eigenvalue weighted by Gasteiger charge is 2.18. The van der Waals surface area contributed by atoms with Crippen LogP contribution in [-0.4, -0.2) is 55.1 Å². The van der Waals surface area contributed by atoms with Gasteiger partial charge in [0.15, 0.2) is 14.6 Å². The van der Waals surface area contributed by atoms with Gasteiger partial charge in [-0.25, -0.2) is 8.42 Å². The molecule has 29 heavy (non-hydrogen) atoms. The van der Waals surface area contributed by atoms with Gasteiger partial charge < -0.3 is 14.0 Å². The quantitative estimate of drug-likeness (QED) is 0.539. The Morgan fingerprint density at radius 2 is 2.00 bits per heavy atom. The standard InChI is InChI=1S/C17H18N4O6S2/c1-20-8-11(16(19-20)27-3)15(23)18-17-21(9-14(22)26-2)12-6-5-10(29(4,24)25)7-13(12)28-17/h5-8H,9H2,1-4H3. The molecule has 0 saturated carbocycles. The average molecular weight is 438 g/mol. The Labute approximate surface area is 169 Å². The van der Waals surface area contributed by atoms with Crippen LogP contribution in [0.1, 0.15) is 10.4 Å². The highest BCUT2D eigenvalue weighted by Crippen LogP contribution is 2.22. The number of aryl methyl sites for hydroxylation is 1. The van der Waals surface area contributed by atoms with E-state index in [1.54, 1.807) is 13.1 Å². The first-order valence-corrected chi connectivity index (χ1v) is 10.9. The average Bonchev–Trinajstić information content (AvgIpc) is 3.20. The Bertz CT molecular complexity index is 1280. The molecule has 0 atom stereocenters. The van der Waals surface area contributed by atoms with E-state index < -0.39 is 21.7 Å². The first kappa shape index (κ1) is 20.7. The van der Waals surface area contributed by atoms with Gasteiger partial charge in [0, 0.05) is 19.5 Å². The van der Waals surface area contributed by atoms with Crippen LogP contribution in [0, 0.1) is 0 Å². The number of benzene rings is 1. The molecule has 0 saturated heterocycles. The van der Waals surface area contributed by atoms with E-state index in [1.807, 2.05) is 0 Å². The van der Waals surface area contributed by atoms with Crippen molar-refractivity contribution in [1.29, 1.82) is 0 Å². The van der Waals surface area contributed by atoms with Gasteiger partial charge >= 0.3 is 5.97 Å². The van der Waals surface area contributed by atoms with Crippen molar-refractivity contribution in [3.63, 3.8) is 0 Å². The van der Waals surface area contributed by atoms with Gasteiger partial charge in [0.05, 0.1) is 29.3 Å². The van der Waals surface area contributed by atoms with Gasteiger partial charge in [-0.1, -0.05) is 11.3 Å². The molecule has 3 rings (SSSR count). The van der Waals surface area contributed by atoms with Gasteiger partial charge in [0.2, 0.25) is 5.88 Å². The molecule has 0 aliphatic rings. The molecule has 0 aliphatic carbocycles. The molecule has 0 unspecified atom stereocenters. The van der Waals surface area contributed by atoms with E-state index in [2.05, 4.69) is 10.1 Å². The number of aromatic nitrogens is 3. The molecule has 10 nitrogen and oxygen atoms in total. The Balaban J connectivity index is 2.21. The lowest BCUT2D eigenvalue weighted by Gasteiger charge is -2.04. The minimum absolute atomic E-state index is 0.126. The van der Waals surface area contributed by atoms with Crippen LogP contribution in [0.4, 0.5) is 0 Å². The predicted molar refractivity (Wildman–Crippen MR) is 105 cm³/mol. The van der Waals surface area contributed by atoms with E-state index in [9.17, 15) is 18.0 Å². The molecule has 2 aromatic heterocycles. The molecular formula is C17H18N4O6S2. The summed E-state index contributed by atoms with van der Waals surface area (Å²) in [6, 6.07) is 4.49. The number of sulfone groups is 1. The van der Waals surface area contributed by atoms with Crippen molar-refractivity contribution in [2.24, 2.45) is 12.0 Å². The van der Waals surface area contributed by atoms with Crippen LogP contribution < -0.4 is 9.54 Å². The summed E-state index contributed by atoms with van der Waals surface area (Å²) in [7, 11) is 0.868. The summed E-state index contributed by atoms with van der Waals surface area (Å²) in [5.41, 5.74) is 0.714. The SMILES string of the molecule is COC(=O)Cn1c(=NC(=O)c2cn(C)nc2OC)sc2cc(S(C)(=O)=O)ccc21. The molecule has 12 heteroatoms. The molecule has 0 aliphatic heterocycles. The van der Waals surface area contributed by atoms with Gasteiger partial charge in [-0.05, 0) is 18.2 Å². The fourth-order valence-corrected chi connectivity index (χ4v) is 4.42. The Hall–Kier alpha value is -2.99. The van der Waals surface area contributed by atoms with Crippen molar-refractivity contribution in [2.75, 3.05) is 20.5 Å². The van der Waals surface area contributed by atoms with E-state index in [4.69, 9.17) is 9.47 Å². The van der Waals surface area contributed by atoms with Gasteiger partial charge in [0.25, 0.3) is 5.91 Å². The molecule has 3 aromatic rings. The highest BCUT2D eigenvalue weighted by molar-refractivity contribution is 7.90. The normalized spacial score (nSPS) is 12.3. The summed E-state index contributed by atoms with van der Waals surface area (Å²) in [5, 5.41) is 4.03. The molecule has 0 spiro atoms. The topological polar surface area (TPSA) is 122 Å². The number of thiazole rings is 1. The summed E-state index contributed by atoms with van der Waals surface area (Å²) in [6.07, 6.45) is 2.58. The lowest BCUT2D eigenvalue weighted by atomic mass is 10.3. The number of nitrogens with zero attached hydrogens (tertiary/aromatic N) is 4. The fraction of sp³-hybridized carbons (Fsp3) is 0.294. The molecule has 0 bridgehead atoms. The Morgan fingerprint density at radius 3 is 2.62 bits per heavy atom. The molecule has 0 fully saturated rings. The van der Waals surface area contributed by atoms with Crippen molar-refractivity contribution in [3.05, 3.63) is 34.8 Å². The predicted octanol–water partition coefficient (Wildman–Crippen LogP) is 0.762. The van der Waals surface area contributed by atoms with Crippen molar-refractivity contribution in [3.8, 4) is 5.88 Å². The maximum absolute atomic E-state index is 12.7. The monoisotopic (exact) mass is 438 g/mol. The first-order chi connectivity index (χ1) is 13.6. The van der Waals surface area contributed by atoms with Crippen LogP contribution in [0.15, 0.2) is 34.3 Å². The number of ether oxygens (including phenoxy) is 2. The third-order valence-electron chi connectivity index (χ3n) is 4.01. The molecule has 0 radical (unpaired) electrons. The fourth-order valence-electron chi connectivity index (χ4n) is 2.63. The molecule has 1 aromatic carbocycles. The summed E-state index contributed by atoms with van der Waals surface area (Å²) < 4.78 is 37.0. The second-order valence-corrected chi connectivity index (χ2v) is 9.12. The van der Waals surface area contributed by atoms with Crippen LogP contribution >= 0.6 is 11.3 Å². The minimum Gasteiger partial charge on any atom is -0.479 e. The maximum atomic E-state index is 12.7. The third kappa shape index (κ3) is 4.22. The number of esters is 1. The van der Waals surface area contributed by atoms with Crippen molar-refractivity contribution >= 4 is 43.3 Å². The second-order valence-electron chi connectivity index (χ2n) is 6.09. The molecule has 154 valence electrons. The largest absolute Gasteiger partial charge is 0.479 e. The van der Waals surface area contributed by atoms with Crippen molar-refractivity contribution < 1.29 is 27.5 Å². The lowest BCUT2D eigenvalue weighted by Crippen LogP contribution is -2.22. The zero-order valence-corrected chi connectivity index (χ0v) is 17.7. The van der Waals surface area contributed by atoms with E-state index in [1.165, 1.54) is 41.8 Å². The van der Waals surface area contributed by atoms with E-state index >= 15 is 0 Å². The van der Waals surface area contributed by atoms with Crippen LogP contribution in [0.2, 0.25) is 0 Å². The van der Waals surface area contributed by atoms with Crippen LogP contribution in [0.5, 0.6) is 5.88 Å². The van der Waals surface area contributed by atoms with Crippen molar-refractivity contribution in [2.45, 2.75) is 11.4 Å². The number of hydrogen-bond acceptors (Lipinski definition) is 8. The van der Waals surface area contributed by atoms with Gasteiger partial charge in [0.1, 0.15) is 12.1 Å². The first-order valence-electron chi connectivity index (χ1n) is 8.21. The second kappa shape index (κ2) is 7.79. The van der Waals surface area contributed by atoms with Gasteiger partial charge in [-0.3, -0.25) is 14.3 Å². The van der Waals surface area contributed by atoms with Gasteiger partial charge in [-0.15, -0.1) is 5.10 Å². The number of hydrogen-bond donors (Lipinski definition) is 0. The zero-order valence-electron chi connectivity index (χ0n) is 16.1. The van der Waals surface area contributed by atoms with E-state index in [0.717, 1.165) is 17.6 Å². The number of fused-ring (bicyclic) bond motifs is 1. The summed E-state index contributed by atoms with van der Waals surface area (Å²) >= 11 is 1.09. The molecule has 0 N–H and O–H groups in total. The molecule has 1 amide bonds. The van der Waals surface area contributed by atoms with Crippen LogP contribution in [-0.2, 0) is 33.0 Å². The number of carbonyl (C=O) groups is 2. The van der Waals surface area contributed by atoms with Crippen LogP contribution in [0.25, 0.3) is 10.2 Å². The van der Waals surface area contributed by atoms with E-state index in [0.29, 0.717) is 10.2 Å². The van der Waals surface area contributed by atoms with E-state index in [-0.39, 0.29) is 27.7 Å². The zero-order chi connectivity index (χ0) is 21.3. The van der Waals surface area contributed by atoms with Crippen LogP contribution in [0.3, 0.4) is 0 Å². The lowest BCUT2D eigenvalue weighted by molar-refractivity contribution is -0.141. The maximum Gasteiger partial charge on any atom is 0.325 e. The number of amides is 1. The summed E-state index contributed by atoms with van der Waals surface area (Å²) in [6.45, 7) is -0.189. The third-order valence-corrected chi connectivity index (χ3v) is 6.16. The molecule has 2 heterocycles. The molecular weight excluding hydrogens is 420 g/mol. The van der Waals surface area contributed by atoms with Crippen molar-refractivity contribution in [1.82, 2.24) is 14.3 Å². The summed E-state index contributed by atoms with van der Waals surface area (Å²) in [5.74, 6) is -1.02. The minimum atomic E-state index is -3.42. The number of methoxy groups -OCH3 is 2. The Kier molecular flexibility index (Phi) is 5.57. The highest BCUT2D eigenvalue weighted by atomic mass is 32.2. The summed E-state index contributed by atoms with van der Waals surface area (Å²) in [4.78, 5) is 29.0. The number of carbonyl (C=O) groups excluding carboxylic acids is 2. The smallest absolute Gasteiger partial charge is 0.325 e. The number of rotatable bonds is 5.